The molecule has 0 radical (unpaired) electrons. The fourth-order valence-corrected chi connectivity index (χ4v) is 6.47. The zero-order chi connectivity index (χ0) is 27.2. The second kappa shape index (κ2) is 10.6. The summed E-state index contributed by atoms with van der Waals surface area (Å²) >= 11 is 2.21. The molecule has 0 spiro atoms. The van der Waals surface area contributed by atoms with Gasteiger partial charge in [0, 0.05) is 16.4 Å². The molecule has 4 aliphatic rings. The first-order chi connectivity index (χ1) is 18.0. The van der Waals surface area contributed by atoms with E-state index in [-0.39, 0.29) is 39.2 Å². The van der Waals surface area contributed by atoms with Crippen molar-refractivity contribution in [2.75, 3.05) is 13.4 Å². The van der Waals surface area contributed by atoms with Gasteiger partial charge in [-0.25, -0.2) is 0 Å². The van der Waals surface area contributed by atoms with Gasteiger partial charge in [0.1, 0.15) is 42.2 Å². The highest BCUT2D eigenvalue weighted by molar-refractivity contribution is 14.1. The second-order valence-corrected chi connectivity index (χ2v) is 12.5. The molecule has 0 aromatic heterocycles. The van der Waals surface area contributed by atoms with Crippen molar-refractivity contribution in [1.82, 2.24) is 10.4 Å². The van der Waals surface area contributed by atoms with E-state index in [4.69, 9.17) is 23.8 Å². The summed E-state index contributed by atoms with van der Waals surface area (Å²) in [5, 5.41) is 14.4. The van der Waals surface area contributed by atoms with Gasteiger partial charge < -0.3 is 29.4 Å². The van der Waals surface area contributed by atoms with E-state index >= 15 is 0 Å². The van der Waals surface area contributed by atoms with Gasteiger partial charge in [-0.1, -0.05) is 12.1 Å². The molecule has 1 amide bonds. The van der Waals surface area contributed by atoms with Crippen LogP contribution in [0.5, 0.6) is 0 Å². The zero-order valence-electron chi connectivity index (χ0n) is 21.6. The molecule has 1 aromatic rings. The lowest BCUT2D eigenvalue weighted by Crippen LogP contribution is -2.70. The first-order valence-electron chi connectivity index (χ1n) is 12.8. The van der Waals surface area contributed by atoms with Crippen LogP contribution >= 0.6 is 22.6 Å². The Morgan fingerprint density at radius 3 is 2.76 bits per heavy atom. The molecule has 2 bridgehead atoms. The normalized spacial score (nSPS) is 32.9. The average Bonchev–Trinajstić information content (AvgIpc) is 3.45. The van der Waals surface area contributed by atoms with Crippen molar-refractivity contribution in [2.24, 2.45) is 5.41 Å². The van der Waals surface area contributed by atoms with Gasteiger partial charge in [-0.05, 0) is 67.5 Å². The fourth-order valence-electron chi connectivity index (χ4n) is 5.86. The molecule has 7 atom stereocenters. The lowest BCUT2D eigenvalue weighted by Gasteiger charge is -2.49. The van der Waals surface area contributed by atoms with Gasteiger partial charge >= 0.3 is 11.9 Å². The Balaban J connectivity index is 1.40. The number of hydrogen-bond donors (Lipinski definition) is 2. The van der Waals surface area contributed by atoms with Crippen molar-refractivity contribution >= 4 is 40.4 Å². The largest absolute Gasteiger partial charge is 0.460 e. The Labute approximate surface area is 234 Å². The summed E-state index contributed by atoms with van der Waals surface area (Å²) in [6.45, 7) is 5.21. The molecule has 1 saturated carbocycles. The molecule has 1 aromatic carbocycles. The maximum atomic E-state index is 14.1. The van der Waals surface area contributed by atoms with Gasteiger partial charge in [0.15, 0.2) is 6.04 Å². The topological polar surface area (TPSA) is 133 Å². The molecular formula is C26H33IN2O9. The third kappa shape index (κ3) is 5.18. The molecule has 3 aliphatic heterocycles. The van der Waals surface area contributed by atoms with Crippen molar-refractivity contribution in [2.45, 2.75) is 88.7 Å². The highest BCUT2D eigenvalue weighted by Crippen LogP contribution is 2.55. The molecule has 12 heteroatoms. The van der Waals surface area contributed by atoms with Crippen molar-refractivity contribution in [3.05, 3.63) is 33.4 Å². The van der Waals surface area contributed by atoms with Crippen LogP contribution in [0.25, 0.3) is 0 Å². The maximum Gasteiger partial charge on any atom is 0.327 e. The summed E-state index contributed by atoms with van der Waals surface area (Å²) in [6.07, 6.45) is -2.22. The molecule has 11 nitrogen and oxygen atoms in total. The predicted octanol–water partition coefficient (Wildman–Crippen LogP) is 1.43. The van der Waals surface area contributed by atoms with E-state index in [1.54, 1.807) is 20.8 Å². The smallest absolute Gasteiger partial charge is 0.327 e. The van der Waals surface area contributed by atoms with Crippen LogP contribution in [0.3, 0.4) is 0 Å². The van der Waals surface area contributed by atoms with Crippen LogP contribution in [-0.4, -0.2) is 83.5 Å². The van der Waals surface area contributed by atoms with Crippen LogP contribution in [0.2, 0.25) is 0 Å². The van der Waals surface area contributed by atoms with Crippen molar-refractivity contribution in [3.63, 3.8) is 0 Å². The minimum absolute atomic E-state index is 0.0116. The number of benzene rings is 1. The van der Waals surface area contributed by atoms with Gasteiger partial charge in [-0.15, -0.1) is 0 Å². The zero-order valence-corrected chi connectivity index (χ0v) is 23.7. The number of ether oxygens (including phenoxy) is 4. The monoisotopic (exact) mass is 644 g/mol. The Kier molecular flexibility index (Phi) is 7.74. The minimum atomic E-state index is -1.32. The summed E-state index contributed by atoms with van der Waals surface area (Å²) in [5.74, 6) is -1.43. The Morgan fingerprint density at radius 1 is 1.29 bits per heavy atom. The summed E-state index contributed by atoms with van der Waals surface area (Å²) in [6, 6.07) is 6.04. The van der Waals surface area contributed by atoms with Crippen LogP contribution < -0.4 is 5.32 Å². The third-order valence-corrected chi connectivity index (χ3v) is 8.07. The van der Waals surface area contributed by atoms with E-state index in [1.807, 2.05) is 24.3 Å². The maximum absolute atomic E-state index is 14.1. The number of carbonyl (C=O) groups excluding carboxylic acids is 3. The summed E-state index contributed by atoms with van der Waals surface area (Å²) in [7, 11) is 0. The Bertz CT molecular complexity index is 1090. The molecule has 5 rings (SSSR count). The van der Waals surface area contributed by atoms with E-state index < -0.39 is 65.4 Å². The molecule has 7 unspecified atom stereocenters. The van der Waals surface area contributed by atoms with Crippen LogP contribution in [0.4, 0.5) is 0 Å². The molecule has 3 saturated heterocycles. The number of halogens is 1. The molecule has 208 valence electrons. The Morgan fingerprint density at radius 2 is 2.05 bits per heavy atom. The van der Waals surface area contributed by atoms with Crippen molar-refractivity contribution in [3.8, 4) is 0 Å². The quantitative estimate of drug-likeness (QED) is 0.317. The van der Waals surface area contributed by atoms with E-state index in [2.05, 4.69) is 27.9 Å². The van der Waals surface area contributed by atoms with Crippen LogP contribution in [0, 0.1) is 8.99 Å². The summed E-state index contributed by atoms with van der Waals surface area (Å²) in [4.78, 5) is 46.0. The Hall–Kier alpha value is -1.84. The number of nitrogens with zero attached hydrogens (tertiary/aromatic N) is 1. The molecular weight excluding hydrogens is 611 g/mol. The highest BCUT2D eigenvalue weighted by Gasteiger charge is 2.74. The van der Waals surface area contributed by atoms with Crippen LogP contribution in [0.1, 0.15) is 45.6 Å². The molecule has 38 heavy (non-hydrogen) atoms. The number of rotatable bonds is 8. The van der Waals surface area contributed by atoms with Gasteiger partial charge in [0.25, 0.3) is 0 Å². The summed E-state index contributed by atoms with van der Waals surface area (Å²) < 4.78 is 23.7. The SMILES string of the molecule is CC(C)(C)OC(=O)CCC(CO)NC(=O)C12CC3OC(=O)C1N(Cc1cccc(I)c1)OC2C1OCOC31. The van der Waals surface area contributed by atoms with Gasteiger partial charge in [0.2, 0.25) is 5.91 Å². The second-order valence-electron chi connectivity index (χ2n) is 11.2. The first kappa shape index (κ1) is 27.7. The van der Waals surface area contributed by atoms with Crippen molar-refractivity contribution in [1.29, 1.82) is 0 Å². The molecule has 3 heterocycles. The number of nitrogens with one attached hydrogen (secondary N) is 1. The van der Waals surface area contributed by atoms with Gasteiger partial charge in [0.05, 0.1) is 19.2 Å². The number of esters is 2. The standard InChI is InChI=1S/C26H33IN2O9/c1-25(2,3)37-18(31)8-7-16(12-30)28-24(33)26-10-17-19-20(35-13-34-19)22(26)38-29(21(26)23(32)36-17)11-14-5-4-6-15(27)9-14/h4-6,9,16-17,19-22,30H,7-8,10-13H2,1-3H3,(H,28,33). The number of fused-ring (bicyclic) bond motifs is 4. The molecule has 4 fully saturated rings. The van der Waals surface area contributed by atoms with E-state index in [1.165, 1.54) is 5.06 Å². The highest BCUT2D eigenvalue weighted by atomic mass is 127. The summed E-state index contributed by atoms with van der Waals surface area (Å²) in [5.41, 5.74) is -1.05. The number of aliphatic hydroxyl groups excluding tert-OH is 1. The van der Waals surface area contributed by atoms with E-state index in [0.29, 0.717) is 0 Å². The number of hydroxylamine groups is 2. The van der Waals surface area contributed by atoms with Gasteiger partial charge in [-0.3, -0.25) is 19.2 Å². The molecule has 2 N–H and O–H groups in total. The first-order valence-corrected chi connectivity index (χ1v) is 13.8. The number of amides is 1. The van der Waals surface area contributed by atoms with Crippen molar-refractivity contribution < 1.29 is 43.3 Å². The molecule has 1 aliphatic carbocycles. The lowest BCUT2D eigenvalue weighted by atomic mass is 9.62. The number of carbonyl (C=O) groups is 3. The van der Waals surface area contributed by atoms with Crippen LogP contribution in [0.15, 0.2) is 24.3 Å². The minimum Gasteiger partial charge on any atom is -0.460 e. The number of hydrogen-bond acceptors (Lipinski definition) is 10. The third-order valence-electron chi connectivity index (χ3n) is 7.39. The van der Waals surface area contributed by atoms with Gasteiger partial charge in [-0.2, -0.15) is 5.06 Å². The average molecular weight is 644 g/mol. The van der Waals surface area contributed by atoms with E-state index in [0.717, 1.165) is 9.13 Å². The van der Waals surface area contributed by atoms with Crippen LogP contribution in [-0.2, 0) is 44.7 Å². The predicted molar refractivity (Wildman–Crippen MR) is 139 cm³/mol. The number of aliphatic hydroxyl groups is 1. The lowest BCUT2D eigenvalue weighted by molar-refractivity contribution is -0.201. The fraction of sp³-hybridized carbons (Fsp3) is 0.654. The van der Waals surface area contributed by atoms with E-state index in [9.17, 15) is 19.5 Å².